The molecule has 2 aromatic carbocycles. The second-order valence-electron chi connectivity index (χ2n) is 10.8. The van der Waals surface area contributed by atoms with Crippen LogP contribution in [0.1, 0.15) is 69.8 Å². The van der Waals surface area contributed by atoms with Crippen LogP contribution in [0, 0.1) is 13.8 Å². The molecule has 2 rings (SSSR count). The van der Waals surface area contributed by atoms with Crippen LogP contribution in [0.25, 0.3) is 0 Å². The maximum atomic E-state index is 13.7. The van der Waals surface area contributed by atoms with Gasteiger partial charge in [-0.1, -0.05) is 54.1 Å². The third kappa shape index (κ3) is 8.42. The third-order valence-corrected chi connectivity index (χ3v) is 5.31. The highest BCUT2D eigenvalue weighted by molar-refractivity contribution is 5.91. The number of hydrogen-bond acceptors (Lipinski definition) is 4. The van der Waals surface area contributed by atoms with Crippen molar-refractivity contribution in [2.45, 2.75) is 79.1 Å². The Hall–Kier alpha value is -3.35. The predicted octanol–water partition coefficient (Wildman–Crippen LogP) is 4.81. The number of ether oxygens (including phenoxy) is 1. The molecular formula is C28H39N3O4. The van der Waals surface area contributed by atoms with Gasteiger partial charge < -0.3 is 20.3 Å². The molecule has 0 aromatic heterocycles. The van der Waals surface area contributed by atoms with Crippen molar-refractivity contribution >= 4 is 17.9 Å². The van der Waals surface area contributed by atoms with Crippen molar-refractivity contribution in [3.8, 4) is 0 Å². The summed E-state index contributed by atoms with van der Waals surface area (Å²) in [6, 6.07) is 14.6. The number of alkyl carbamates (subject to hydrolysis) is 1. The van der Waals surface area contributed by atoms with Crippen LogP contribution in [0.4, 0.5) is 4.79 Å². The first-order valence-corrected chi connectivity index (χ1v) is 11.9. The first kappa shape index (κ1) is 27.9. The van der Waals surface area contributed by atoms with Gasteiger partial charge in [-0.15, -0.1) is 0 Å². The van der Waals surface area contributed by atoms with E-state index in [9.17, 15) is 14.4 Å². The van der Waals surface area contributed by atoms with E-state index >= 15 is 0 Å². The van der Waals surface area contributed by atoms with Gasteiger partial charge in [0.05, 0.1) is 0 Å². The second kappa shape index (κ2) is 11.4. The van der Waals surface area contributed by atoms with Crippen molar-refractivity contribution in [1.82, 2.24) is 15.5 Å². The standard InChI is InChI=1S/C28H39N3O4/c1-19-14-15-22(20(2)16-19)24(25(33)29-17-21-12-10-9-11-13-21)31(27(3,4)5)23(32)18-30-26(34)35-28(6,7)8/h9-16,24H,17-18H2,1-8H3,(H,29,33)(H,30,34). The molecule has 0 spiro atoms. The smallest absolute Gasteiger partial charge is 0.408 e. The molecule has 0 aliphatic rings. The molecule has 1 unspecified atom stereocenters. The highest BCUT2D eigenvalue weighted by Gasteiger charge is 2.39. The fourth-order valence-electron chi connectivity index (χ4n) is 3.86. The van der Waals surface area contributed by atoms with Gasteiger partial charge in [0.15, 0.2) is 0 Å². The Morgan fingerprint density at radius 3 is 2.09 bits per heavy atom. The van der Waals surface area contributed by atoms with E-state index in [0.717, 1.165) is 22.3 Å². The monoisotopic (exact) mass is 481 g/mol. The van der Waals surface area contributed by atoms with E-state index in [4.69, 9.17) is 4.74 Å². The van der Waals surface area contributed by atoms with Crippen molar-refractivity contribution in [2.75, 3.05) is 6.54 Å². The maximum Gasteiger partial charge on any atom is 0.408 e. The van der Waals surface area contributed by atoms with Crippen molar-refractivity contribution in [1.29, 1.82) is 0 Å². The minimum absolute atomic E-state index is 0.290. The van der Waals surface area contributed by atoms with Gasteiger partial charge in [0.25, 0.3) is 0 Å². The van der Waals surface area contributed by atoms with E-state index in [1.165, 1.54) is 0 Å². The third-order valence-electron chi connectivity index (χ3n) is 5.31. The lowest BCUT2D eigenvalue weighted by Gasteiger charge is -2.41. The Morgan fingerprint density at radius 2 is 1.54 bits per heavy atom. The van der Waals surface area contributed by atoms with Crippen LogP contribution in [0.3, 0.4) is 0 Å². The molecule has 0 bridgehead atoms. The second-order valence-corrected chi connectivity index (χ2v) is 10.8. The minimum Gasteiger partial charge on any atom is -0.444 e. The predicted molar refractivity (Wildman–Crippen MR) is 138 cm³/mol. The molecular weight excluding hydrogens is 442 g/mol. The minimum atomic E-state index is -0.882. The highest BCUT2D eigenvalue weighted by Crippen LogP contribution is 2.31. The fourth-order valence-corrected chi connectivity index (χ4v) is 3.86. The normalized spacial score (nSPS) is 12.5. The summed E-state index contributed by atoms with van der Waals surface area (Å²) in [6.07, 6.45) is -0.684. The molecule has 190 valence electrons. The Bertz CT molecular complexity index is 1040. The first-order chi connectivity index (χ1) is 16.2. The summed E-state index contributed by atoms with van der Waals surface area (Å²) < 4.78 is 5.27. The molecule has 7 nitrogen and oxygen atoms in total. The summed E-state index contributed by atoms with van der Waals surface area (Å²) in [5, 5.41) is 5.53. The summed E-state index contributed by atoms with van der Waals surface area (Å²) in [5.41, 5.74) is 2.28. The molecule has 2 aromatic rings. The quantitative estimate of drug-likeness (QED) is 0.594. The van der Waals surface area contributed by atoms with E-state index < -0.39 is 23.3 Å². The van der Waals surface area contributed by atoms with Crippen LogP contribution >= 0.6 is 0 Å². The number of rotatable bonds is 7. The van der Waals surface area contributed by atoms with E-state index in [1.807, 2.05) is 83.1 Å². The lowest BCUT2D eigenvalue weighted by molar-refractivity contribution is -0.146. The molecule has 0 radical (unpaired) electrons. The Kier molecular flexibility index (Phi) is 9.07. The SMILES string of the molecule is Cc1ccc(C(C(=O)NCc2ccccc2)N(C(=O)CNC(=O)OC(C)(C)C)C(C)(C)C)c(C)c1. The van der Waals surface area contributed by atoms with E-state index in [-0.39, 0.29) is 18.4 Å². The number of carbonyl (C=O) groups is 3. The van der Waals surface area contributed by atoms with Gasteiger partial charge in [0.1, 0.15) is 18.2 Å². The molecule has 7 heteroatoms. The maximum absolute atomic E-state index is 13.7. The fraction of sp³-hybridized carbons (Fsp3) is 0.464. The van der Waals surface area contributed by atoms with Gasteiger partial charge in [0.2, 0.25) is 11.8 Å². The molecule has 0 aliphatic carbocycles. The van der Waals surface area contributed by atoms with Gasteiger partial charge in [-0.25, -0.2) is 4.79 Å². The molecule has 0 heterocycles. The van der Waals surface area contributed by atoms with E-state index in [1.54, 1.807) is 25.7 Å². The molecule has 0 fully saturated rings. The van der Waals surface area contributed by atoms with Gasteiger partial charge >= 0.3 is 6.09 Å². The molecule has 0 saturated heterocycles. The number of benzene rings is 2. The highest BCUT2D eigenvalue weighted by atomic mass is 16.6. The van der Waals surface area contributed by atoms with Crippen LogP contribution in [-0.2, 0) is 20.9 Å². The molecule has 1 atom stereocenters. The van der Waals surface area contributed by atoms with E-state index in [0.29, 0.717) is 6.54 Å². The van der Waals surface area contributed by atoms with Crippen LogP contribution in [0.5, 0.6) is 0 Å². The van der Waals surface area contributed by atoms with Crippen molar-refractivity contribution in [2.24, 2.45) is 0 Å². The number of aryl methyl sites for hydroxylation is 2. The van der Waals surface area contributed by atoms with Gasteiger partial charge in [-0.05, 0) is 72.1 Å². The van der Waals surface area contributed by atoms with Gasteiger partial charge in [0, 0.05) is 12.1 Å². The lowest BCUT2D eigenvalue weighted by Crippen LogP contribution is -2.55. The number of amides is 3. The zero-order valence-corrected chi connectivity index (χ0v) is 22.2. The summed E-state index contributed by atoms with van der Waals surface area (Å²) in [5.74, 6) is -0.676. The molecule has 35 heavy (non-hydrogen) atoms. The van der Waals surface area contributed by atoms with Gasteiger partial charge in [-0.2, -0.15) is 0 Å². The first-order valence-electron chi connectivity index (χ1n) is 11.9. The lowest BCUT2D eigenvalue weighted by atomic mass is 9.93. The molecule has 3 amide bonds. The molecule has 0 aliphatic heterocycles. The zero-order valence-electron chi connectivity index (χ0n) is 22.2. The van der Waals surface area contributed by atoms with Crippen molar-refractivity contribution in [3.05, 3.63) is 70.8 Å². The Labute approximate surface area is 209 Å². The molecule has 0 saturated carbocycles. The zero-order chi connectivity index (χ0) is 26.4. The molecule has 2 N–H and O–H groups in total. The Balaban J connectivity index is 2.39. The van der Waals surface area contributed by atoms with E-state index in [2.05, 4.69) is 10.6 Å². The number of nitrogens with one attached hydrogen (secondary N) is 2. The summed E-state index contributed by atoms with van der Waals surface area (Å²) in [7, 11) is 0. The average molecular weight is 482 g/mol. The number of nitrogens with zero attached hydrogens (tertiary/aromatic N) is 1. The summed E-state index contributed by atoms with van der Waals surface area (Å²) in [4.78, 5) is 40.9. The summed E-state index contributed by atoms with van der Waals surface area (Å²) in [6.45, 7) is 14.8. The van der Waals surface area contributed by atoms with Crippen LogP contribution in [0.15, 0.2) is 48.5 Å². The van der Waals surface area contributed by atoms with Crippen molar-refractivity contribution in [3.63, 3.8) is 0 Å². The van der Waals surface area contributed by atoms with Gasteiger partial charge in [-0.3, -0.25) is 9.59 Å². The average Bonchev–Trinajstić information content (AvgIpc) is 2.73. The number of carbonyl (C=O) groups excluding carboxylic acids is 3. The van der Waals surface area contributed by atoms with Crippen LogP contribution in [0.2, 0.25) is 0 Å². The van der Waals surface area contributed by atoms with Crippen LogP contribution in [-0.4, -0.2) is 40.5 Å². The number of hydrogen-bond donors (Lipinski definition) is 2. The summed E-state index contributed by atoms with van der Waals surface area (Å²) >= 11 is 0. The van der Waals surface area contributed by atoms with Crippen molar-refractivity contribution < 1.29 is 19.1 Å². The largest absolute Gasteiger partial charge is 0.444 e. The topological polar surface area (TPSA) is 87.7 Å². The van der Waals surface area contributed by atoms with Crippen LogP contribution < -0.4 is 10.6 Å². The Morgan fingerprint density at radius 1 is 0.914 bits per heavy atom.